The first-order chi connectivity index (χ1) is 11.7. The monoisotopic (exact) mass is 352 g/mol. The van der Waals surface area contributed by atoms with Crippen LogP contribution in [0.2, 0.25) is 0 Å². The number of benzene rings is 2. The summed E-state index contributed by atoms with van der Waals surface area (Å²) in [6.45, 7) is 4.06. The number of anilines is 1. The van der Waals surface area contributed by atoms with Crippen molar-refractivity contribution in [3.8, 4) is 5.75 Å². The number of ether oxygens (including phenoxy) is 1. The van der Waals surface area contributed by atoms with Crippen molar-refractivity contribution in [2.24, 2.45) is 0 Å². The van der Waals surface area contributed by atoms with Gasteiger partial charge in [0.15, 0.2) is 0 Å². The summed E-state index contributed by atoms with van der Waals surface area (Å²) in [5.74, 6) is -0.522. The Kier molecular flexibility index (Phi) is 5.90. The van der Waals surface area contributed by atoms with Crippen molar-refractivity contribution in [1.82, 2.24) is 5.32 Å². The van der Waals surface area contributed by atoms with E-state index < -0.39 is 12.4 Å². The van der Waals surface area contributed by atoms with Crippen LogP contribution in [-0.2, 0) is 11.3 Å². The second kappa shape index (κ2) is 7.92. The number of hydrogen-bond donors (Lipinski definition) is 2. The molecule has 0 radical (unpaired) electrons. The van der Waals surface area contributed by atoms with E-state index in [9.17, 15) is 18.0 Å². The van der Waals surface area contributed by atoms with Crippen molar-refractivity contribution in [3.63, 3.8) is 0 Å². The van der Waals surface area contributed by atoms with E-state index in [1.807, 2.05) is 31.2 Å². The van der Waals surface area contributed by atoms with Gasteiger partial charge in [-0.2, -0.15) is 0 Å². The predicted octanol–water partition coefficient (Wildman–Crippen LogP) is 4.01. The summed E-state index contributed by atoms with van der Waals surface area (Å²) in [5.41, 5.74) is 2.65. The molecule has 2 N–H and O–H groups in total. The van der Waals surface area contributed by atoms with Gasteiger partial charge in [-0.25, -0.2) is 0 Å². The van der Waals surface area contributed by atoms with Gasteiger partial charge in [0.1, 0.15) is 11.8 Å². The summed E-state index contributed by atoms with van der Waals surface area (Å²) in [5, 5.41) is 5.73. The maximum atomic E-state index is 12.1. The van der Waals surface area contributed by atoms with Crippen LogP contribution in [0.15, 0.2) is 48.5 Å². The van der Waals surface area contributed by atoms with Gasteiger partial charge in [-0.3, -0.25) is 4.79 Å². The Labute approximate surface area is 144 Å². The molecule has 0 spiro atoms. The van der Waals surface area contributed by atoms with Gasteiger partial charge in [-0.1, -0.05) is 29.8 Å². The SMILES string of the molecule is Cc1ccc(CNC(=O)[C@@H](C)Nc2ccc(OC(F)(F)F)cc2)cc1. The standard InChI is InChI=1S/C18H19F3N2O2/c1-12-3-5-14(6-4-12)11-22-17(24)13(2)23-15-7-9-16(10-8-15)25-18(19,20)21/h3-10,13,23H,11H2,1-2H3,(H,22,24)/t13-/m1/s1. The van der Waals surface area contributed by atoms with Crippen LogP contribution in [0.25, 0.3) is 0 Å². The molecule has 0 aromatic heterocycles. The first-order valence-corrected chi connectivity index (χ1v) is 7.68. The van der Waals surface area contributed by atoms with Crippen LogP contribution in [0.1, 0.15) is 18.1 Å². The van der Waals surface area contributed by atoms with Crippen LogP contribution in [0, 0.1) is 6.92 Å². The summed E-state index contributed by atoms with van der Waals surface area (Å²) in [6, 6.07) is 12.5. The Morgan fingerprint density at radius 1 is 1.08 bits per heavy atom. The second-order valence-corrected chi connectivity index (χ2v) is 5.64. The van der Waals surface area contributed by atoms with Crippen molar-refractivity contribution in [3.05, 3.63) is 59.7 Å². The third-order valence-corrected chi connectivity index (χ3v) is 3.45. The lowest BCUT2D eigenvalue weighted by atomic mass is 10.1. The molecule has 1 atom stereocenters. The summed E-state index contributed by atoms with van der Waals surface area (Å²) in [4.78, 5) is 12.1. The molecule has 2 aromatic carbocycles. The lowest BCUT2D eigenvalue weighted by molar-refractivity contribution is -0.274. The van der Waals surface area contributed by atoms with Gasteiger partial charge < -0.3 is 15.4 Å². The number of alkyl halides is 3. The van der Waals surface area contributed by atoms with Crippen molar-refractivity contribution in [1.29, 1.82) is 0 Å². The zero-order valence-corrected chi connectivity index (χ0v) is 13.9. The van der Waals surface area contributed by atoms with E-state index in [4.69, 9.17) is 0 Å². The van der Waals surface area contributed by atoms with Crippen LogP contribution in [-0.4, -0.2) is 18.3 Å². The third-order valence-electron chi connectivity index (χ3n) is 3.45. The molecule has 0 heterocycles. The number of rotatable bonds is 6. The third kappa shape index (κ3) is 6.37. The lowest BCUT2D eigenvalue weighted by Crippen LogP contribution is -2.37. The second-order valence-electron chi connectivity index (χ2n) is 5.64. The largest absolute Gasteiger partial charge is 0.573 e. The smallest absolute Gasteiger partial charge is 0.406 e. The zero-order chi connectivity index (χ0) is 18.4. The van der Waals surface area contributed by atoms with Crippen LogP contribution in [0.5, 0.6) is 5.75 Å². The molecule has 134 valence electrons. The number of aryl methyl sites for hydroxylation is 1. The lowest BCUT2D eigenvalue weighted by Gasteiger charge is -2.16. The highest BCUT2D eigenvalue weighted by atomic mass is 19.4. The topological polar surface area (TPSA) is 50.4 Å². The van der Waals surface area contributed by atoms with Crippen LogP contribution >= 0.6 is 0 Å². The number of carbonyl (C=O) groups excluding carboxylic acids is 1. The molecule has 1 amide bonds. The van der Waals surface area contributed by atoms with Gasteiger partial charge in [0.2, 0.25) is 5.91 Å². The molecular formula is C18H19F3N2O2. The van der Waals surface area contributed by atoms with E-state index in [-0.39, 0.29) is 11.7 Å². The van der Waals surface area contributed by atoms with Crippen molar-refractivity contribution in [2.75, 3.05) is 5.32 Å². The van der Waals surface area contributed by atoms with Crippen LogP contribution in [0.3, 0.4) is 0 Å². The molecule has 0 unspecified atom stereocenters. The number of carbonyl (C=O) groups is 1. The van der Waals surface area contributed by atoms with E-state index in [0.717, 1.165) is 11.1 Å². The number of hydrogen-bond acceptors (Lipinski definition) is 3. The van der Waals surface area contributed by atoms with Gasteiger partial charge in [0.25, 0.3) is 0 Å². The van der Waals surface area contributed by atoms with E-state index in [1.165, 1.54) is 24.3 Å². The van der Waals surface area contributed by atoms with E-state index >= 15 is 0 Å². The number of amides is 1. The minimum Gasteiger partial charge on any atom is -0.406 e. The molecular weight excluding hydrogens is 333 g/mol. The van der Waals surface area contributed by atoms with E-state index in [0.29, 0.717) is 12.2 Å². The van der Waals surface area contributed by atoms with Crippen molar-refractivity contribution in [2.45, 2.75) is 32.8 Å². The first kappa shape index (κ1) is 18.6. The average molecular weight is 352 g/mol. The summed E-state index contributed by atoms with van der Waals surface area (Å²) >= 11 is 0. The predicted molar refractivity (Wildman–Crippen MR) is 89.2 cm³/mol. The number of halogens is 3. The van der Waals surface area contributed by atoms with Crippen LogP contribution < -0.4 is 15.4 Å². The minimum absolute atomic E-state index is 0.212. The molecule has 0 aliphatic heterocycles. The quantitative estimate of drug-likeness (QED) is 0.826. The number of nitrogens with one attached hydrogen (secondary N) is 2. The summed E-state index contributed by atoms with van der Waals surface area (Å²) < 4.78 is 40.1. The molecule has 7 heteroatoms. The summed E-state index contributed by atoms with van der Waals surface area (Å²) in [6.07, 6.45) is -4.72. The molecule has 0 aliphatic rings. The molecule has 0 fully saturated rings. The van der Waals surface area contributed by atoms with Gasteiger partial charge in [-0.05, 0) is 43.7 Å². The highest BCUT2D eigenvalue weighted by molar-refractivity contribution is 5.84. The van der Waals surface area contributed by atoms with Gasteiger partial charge in [0.05, 0.1) is 0 Å². The molecule has 0 saturated heterocycles. The molecule has 4 nitrogen and oxygen atoms in total. The fourth-order valence-corrected chi connectivity index (χ4v) is 2.12. The minimum atomic E-state index is -4.72. The fraction of sp³-hybridized carbons (Fsp3) is 0.278. The molecule has 0 bridgehead atoms. The Bertz CT molecular complexity index is 698. The Hall–Kier alpha value is -2.70. The van der Waals surface area contributed by atoms with Gasteiger partial charge in [0, 0.05) is 12.2 Å². The molecule has 0 saturated carbocycles. The molecule has 2 aromatic rings. The average Bonchev–Trinajstić information content (AvgIpc) is 2.54. The van der Waals surface area contributed by atoms with Crippen molar-refractivity contribution >= 4 is 11.6 Å². The highest BCUT2D eigenvalue weighted by Gasteiger charge is 2.30. The van der Waals surface area contributed by atoms with Gasteiger partial charge in [-0.15, -0.1) is 13.2 Å². The molecule has 2 rings (SSSR count). The van der Waals surface area contributed by atoms with Crippen LogP contribution in [0.4, 0.5) is 18.9 Å². The highest BCUT2D eigenvalue weighted by Crippen LogP contribution is 2.24. The normalized spacial score (nSPS) is 12.4. The van der Waals surface area contributed by atoms with Gasteiger partial charge >= 0.3 is 6.36 Å². The van der Waals surface area contributed by atoms with E-state index in [2.05, 4.69) is 15.4 Å². The fourth-order valence-electron chi connectivity index (χ4n) is 2.12. The maximum Gasteiger partial charge on any atom is 0.573 e. The Balaban J connectivity index is 1.84. The Morgan fingerprint density at radius 3 is 2.24 bits per heavy atom. The zero-order valence-electron chi connectivity index (χ0n) is 13.9. The summed E-state index contributed by atoms with van der Waals surface area (Å²) in [7, 11) is 0. The molecule has 25 heavy (non-hydrogen) atoms. The van der Waals surface area contributed by atoms with Crippen molar-refractivity contribution < 1.29 is 22.7 Å². The van der Waals surface area contributed by atoms with E-state index in [1.54, 1.807) is 6.92 Å². The first-order valence-electron chi connectivity index (χ1n) is 7.68. The maximum absolute atomic E-state index is 12.1. The molecule has 0 aliphatic carbocycles. The Morgan fingerprint density at radius 2 is 1.68 bits per heavy atom.